The second-order valence-electron chi connectivity index (χ2n) is 5.09. The Bertz CT molecular complexity index is 800. The standard InChI is InChI=1S/C13H16N4O5S/c1-9(2)13-16-15-12(22-13)6-7-14-23(20,21)11-5-3-4-10(8-11)17(18)19/h3-5,8-9,14H,6-7H2,1-2H3. The Morgan fingerprint density at radius 1 is 1.35 bits per heavy atom. The molecule has 1 aromatic heterocycles. The first-order valence-electron chi connectivity index (χ1n) is 6.86. The number of nitrogens with zero attached hydrogens (tertiary/aromatic N) is 3. The summed E-state index contributed by atoms with van der Waals surface area (Å²) in [4.78, 5) is 9.88. The Morgan fingerprint density at radius 3 is 2.70 bits per heavy atom. The summed E-state index contributed by atoms with van der Waals surface area (Å²) in [5.41, 5.74) is -0.286. The molecule has 10 heteroatoms. The lowest BCUT2D eigenvalue weighted by molar-refractivity contribution is -0.385. The quantitative estimate of drug-likeness (QED) is 0.599. The summed E-state index contributed by atoms with van der Waals surface area (Å²) in [6, 6.07) is 4.84. The average molecular weight is 340 g/mol. The largest absolute Gasteiger partial charge is 0.425 e. The van der Waals surface area contributed by atoms with Crippen LogP contribution in [0.4, 0.5) is 5.69 Å². The number of rotatable bonds is 7. The Hall–Kier alpha value is -2.33. The summed E-state index contributed by atoms with van der Waals surface area (Å²) in [7, 11) is -3.84. The van der Waals surface area contributed by atoms with Crippen molar-refractivity contribution in [3.63, 3.8) is 0 Å². The van der Waals surface area contributed by atoms with Crippen LogP contribution in [0, 0.1) is 10.1 Å². The van der Waals surface area contributed by atoms with E-state index in [1.54, 1.807) is 0 Å². The van der Waals surface area contributed by atoms with Crippen LogP contribution in [-0.4, -0.2) is 30.1 Å². The zero-order valence-corrected chi connectivity index (χ0v) is 13.4. The molecule has 1 N–H and O–H groups in total. The predicted molar refractivity (Wildman–Crippen MR) is 80.4 cm³/mol. The highest BCUT2D eigenvalue weighted by molar-refractivity contribution is 7.89. The first-order chi connectivity index (χ1) is 10.8. The maximum atomic E-state index is 12.1. The van der Waals surface area contributed by atoms with E-state index in [0.29, 0.717) is 11.8 Å². The van der Waals surface area contributed by atoms with Gasteiger partial charge in [0.25, 0.3) is 5.69 Å². The van der Waals surface area contributed by atoms with Gasteiger partial charge in [0.05, 0.1) is 9.82 Å². The van der Waals surface area contributed by atoms with E-state index in [9.17, 15) is 18.5 Å². The molecule has 0 aliphatic carbocycles. The van der Waals surface area contributed by atoms with Gasteiger partial charge in [-0.05, 0) is 6.07 Å². The average Bonchev–Trinajstić information content (AvgIpc) is 2.96. The van der Waals surface area contributed by atoms with Crippen LogP contribution in [0.25, 0.3) is 0 Å². The molecule has 0 aliphatic rings. The predicted octanol–water partition coefficient (Wildman–Crippen LogP) is 1.62. The van der Waals surface area contributed by atoms with Crippen molar-refractivity contribution in [2.24, 2.45) is 0 Å². The zero-order chi connectivity index (χ0) is 17.0. The van der Waals surface area contributed by atoms with Gasteiger partial charge in [-0.2, -0.15) is 0 Å². The van der Waals surface area contributed by atoms with Crippen LogP contribution in [0.15, 0.2) is 33.6 Å². The van der Waals surface area contributed by atoms with Gasteiger partial charge >= 0.3 is 0 Å². The van der Waals surface area contributed by atoms with Gasteiger partial charge in [0, 0.05) is 31.0 Å². The SMILES string of the molecule is CC(C)c1nnc(CCNS(=O)(=O)c2cccc([N+](=O)[O-])c2)o1. The number of non-ortho nitro benzene ring substituents is 1. The van der Waals surface area contributed by atoms with Crippen LogP contribution >= 0.6 is 0 Å². The van der Waals surface area contributed by atoms with Crippen molar-refractivity contribution in [2.45, 2.75) is 31.1 Å². The van der Waals surface area contributed by atoms with Crippen LogP contribution in [0.2, 0.25) is 0 Å². The van der Waals surface area contributed by atoms with E-state index in [-0.39, 0.29) is 29.5 Å². The Morgan fingerprint density at radius 2 is 2.09 bits per heavy atom. The lowest BCUT2D eigenvalue weighted by Crippen LogP contribution is -2.26. The van der Waals surface area contributed by atoms with E-state index in [0.717, 1.165) is 6.07 Å². The zero-order valence-electron chi connectivity index (χ0n) is 12.6. The summed E-state index contributed by atoms with van der Waals surface area (Å²) in [6.07, 6.45) is 0.230. The van der Waals surface area contributed by atoms with Gasteiger partial charge in [0.2, 0.25) is 21.8 Å². The molecule has 0 bridgehead atoms. The molecular weight excluding hydrogens is 324 g/mol. The van der Waals surface area contributed by atoms with Crippen LogP contribution in [0.1, 0.15) is 31.5 Å². The first kappa shape index (κ1) is 17.0. The van der Waals surface area contributed by atoms with Gasteiger partial charge in [0.15, 0.2) is 0 Å². The molecule has 2 rings (SSSR count). The third kappa shape index (κ3) is 4.33. The molecule has 1 aromatic carbocycles. The number of sulfonamides is 1. The van der Waals surface area contributed by atoms with Crippen molar-refractivity contribution in [1.29, 1.82) is 0 Å². The summed E-state index contributed by atoms with van der Waals surface area (Å²) in [5.74, 6) is 0.912. The summed E-state index contributed by atoms with van der Waals surface area (Å²) >= 11 is 0. The summed E-state index contributed by atoms with van der Waals surface area (Å²) < 4.78 is 31.9. The molecule has 0 spiro atoms. The van der Waals surface area contributed by atoms with E-state index < -0.39 is 14.9 Å². The minimum atomic E-state index is -3.84. The highest BCUT2D eigenvalue weighted by atomic mass is 32.2. The van der Waals surface area contributed by atoms with Gasteiger partial charge in [-0.3, -0.25) is 10.1 Å². The molecular formula is C13H16N4O5S. The van der Waals surface area contributed by atoms with Crippen molar-refractivity contribution >= 4 is 15.7 Å². The van der Waals surface area contributed by atoms with Gasteiger partial charge in [-0.15, -0.1) is 10.2 Å². The molecule has 0 fully saturated rings. The van der Waals surface area contributed by atoms with Gasteiger partial charge in [0.1, 0.15) is 0 Å². The number of nitro benzene ring substituents is 1. The van der Waals surface area contributed by atoms with Gasteiger partial charge in [-0.25, -0.2) is 13.1 Å². The third-order valence-electron chi connectivity index (χ3n) is 2.95. The van der Waals surface area contributed by atoms with Crippen LogP contribution in [0.5, 0.6) is 0 Å². The Kier molecular flexibility index (Phi) is 5.06. The van der Waals surface area contributed by atoms with E-state index in [1.165, 1.54) is 18.2 Å². The molecule has 0 saturated carbocycles. The normalized spacial score (nSPS) is 11.8. The lowest BCUT2D eigenvalue weighted by atomic mass is 10.2. The Labute approximate surface area is 132 Å². The minimum absolute atomic E-state index is 0.0464. The second kappa shape index (κ2) is 6.84. The van der Waals surface area contributed by atoms with E-state index >= 15 is 0 Å². The van der Waals surface area contributed by atoms with Crippen molar-refractivity contribution in [3.8, 4) is 0 Å². The number of aromatic nitrogens is 2. The fourth-order valence-corrected chi connectivity index (χ4v) is 2.81. The number of hydrogen-bond donors (Lipinski definition) is 1. The highest BCUT2D eigenvalue weighted by Crippen LogP contribution is 2.17. The highest BCUT2D eigenvalue weighted by Gasteiger charge is 2.18. The lowest BCUT2D eigenvalue weighted by Gasteiger charge is -2.05. The van der Waals surface area contributed by atoms with Crippen molar-refractivity contribution < 1.29 is 17.8 Å². The fraction of sp³-hybridized carbons (Fsp3) is 0.385. The molecule has 1 heterocycles. The molecule has 0 saturated heterocycles. The fourth-order valence-electron chi connectivity index (χ4n) is 1.74. The van der Waals surface area contributed by atoms with E-state index in [4.69, 9.17) is 4.42 Å². The van der Waals surface area contributed by atoms with Crippen molar-refractivity contribution in [3.05, 3.63) is 46.2 Å². The maximum Gasteiger partial charge on any atom is 0.270 e. The molecule has 23 heavy (non-hydrogen) atoms. The molecule has 0 atom stereocenters. The van der Waals surface area contributed by atoms with Crippen molar-refractivity contribution in [2.75, 3.05) is 6.54 Å². The monoisotopic (exact) mass is 340 g/mol. The molecule has 0 amide bonds. The molecule has 9 nitrogen and oxygen atoms in total. The van der Waals surface area contributed by atoms with Crippen molar-refractivity contribution in [1.82, 2.24) is 14.9 Å². The Balaban J connectivity index is 2.01. The van der Waals surface area contributed by atoms with E-state index in [1.807, 2.05) is 13.8 Å². The maximum absolute atomic E-state index is 12.1. The number of nitrogens with one attached hydrogen (secondary N) is 1. The topological polar surface area (TPSA) is 128 Å². The van der Waals surface area contributed by atoms with Crippen LogP contribution in [-0.2, 0) is 16.4 Å². The van der Waals surface area contributed by atoms with E-state index in [2.05, 4.69) is 14.9 Å². The summed E-state index contributed by atoms with van der Waals surface area (Å²) in [6.45, 7) is 3.86. The van der Waals surface area contributed by atoms with Crippen LogP contribution in [0.3, 0.4) is 0 Å². The second-order valence-corrected chi connectivity index (χ2v) is 6.86. The minimum Gasteiger partial charge on any atom is -0.425 e. The van der Waals surface area contributed by atoms with Gasteiger partial charge < -0.3 is 4.42 Å². The molecule has 0 aliphatic heterocycles. The van der Waals surface area contributed by atoms with Crippen LogP contribution < -0.4 is 4.72 Å². The third-order valence-corrected chi connectivity index (χ3v) is 4.40. The van der Waals surface area contributed by atoms with Gasteiger partial charge in [-0.1, -0.05) is 19.9 Å². The number of hydrogen-bond acceptors (Lipinski definition) is 7. The molecule has 2 aromatic rings. The molecule has 0 unspecified atom stereocenters. The molecule has 124 valence electrons. The number of nitro groups is 1. The smallest absolute Gasteiger partial charge is 0.270 e. The first-order valence-corrected chi connectivity index (χ1v) is 8.34. The molecule has 0 radical (unpaired) electrons. The summed E-state index contributed by atoms with van der Waals surface area (Å²) in [5, 5.41) is 18.4. The number of benzene rings is 1.